The minimum absolute atomic E-state index is 0.180. The SMILES string of the molecule is Cc1cccc(Nc2cncc(C(=O)O)n2)c1F. The Bertz CT molecular complexity index is 602. The van der Waals surface area contributed by atoms with Crippen molar-refractivity contribution in [1.29, 1.82) is 0 Å². The van der Waals surface area contributed by atoms with Crippen LogP contribution in [-0.2, 0) is 0 Å². The van der Waals surface area contributed by atoms with Crippen LogP contribution in [0, 0.1) is 12.7 Å². The lowest BCUT2D eigenvalue weighted by molar-refractivity contribution is 0.0690. The third-order valence-corrected chi connectivity index (χ3v) is 2.31. The highest BCUT2D eigenvalue weighted by atomic mass is 19.1. The molecule has 0 aliphatic rings. The molecule has 0 saturated heterocycles. The van der Waals surface area contributed by atoms with Crippen molar-refractivity contribution in [2.24, 2.45) is 0 Å². The van der Waals surface area contributed by atoms with Gasteiger partial charge >= 0.3 is 5.97 Å². The Labute approximate surface area is 102 Å². The molecule has 1 aromatic heterocycles. The molecule has 2 rings (SSSR count). The Morgan fingerprint density at radius 3 is 2.89 bits per heavy atom. The van der Waals surface area contributed by atoms with Gasteiger partial charge in [0.2, 0.25) is 0 Å². The maximum atomic E-state index is 13.7. The molecule has 0 atom stereocenters. The van der Waals surface area contributed by atoms with Gasteiger partial charge in [0.15, 0.2) is 5.69 Å². The lowest BCUT2D eigenvalue weighted by Gasteiger charge is -2.08. The maximum absolute atomic E-state index is 13.7. The van der Waals surface area contributed by atoms with Crippen LogP contribution >= 0.6 is 0 Å². The van der Waals surface area contributed by atoms with Crippen LogP contribution in [0.4, 0.5) is 15.9 Å². The first-order valence-corrected chi connectivity index (χ1v) is 5.15. The van der Waals surface area contributed by atoms with E-state index < -0.39 is 11.8 Å². The van der Waals surface area contributed by atoms with Crippen molar-refractivity contribution in [1.82, 2.24) is 9.97 Å². The third kappa shape index (κ3) is 2.42. The molecule has 1 aromatic carbocycles. The van der Waals surface area contributed by atoms with Gasteiger partial charge in [0.05, 0.1) is 18.1 Å². The summed E-state index contributed by atoms with van der Waals surface area (Å²) >= 11 is 0. The molecular formula is C12H10FN3O2. The van der Waals surface area contributed by atoms with Crippen LogP contribution in [0.5, 0.6) is 0 Å². The number of aryl methyl sites for hydroxylation is 1. The van der Waals surface area contributed by atoms with E-state index in [2.05, 4.69) is 15.3 Å². The first kappa shape index (κ1) is 12.0. The van der Waals surface area contributed by atoms with Crippen molar-refractivity contribution in [2.75, 3.05) is 5.32 Å². The number of halogens is 1. The van der Waals surface area contributed by atoms with Crippen LogP contribution in [0.2, 0.25) is 0 Å². The van der Waals surface area contributed by atoms with Crippen LogP contribution in [0.3, 0.4) is 0 Å². The lowest BCUT2D eigenvalue weighted by Crippen LogP contribution is -2.04. The van der Waals surface area contributed by atoms with E-state index in [1.165, 1.54) is 12.3 Å². The lowest BCUT2D eigenvalue weighted by atomic mass is 10.2. The first-order valence-electron chi connectivity index (χ1n) is 5.15. The summed E-state index contributed by atoms with van der Waals surface area (Å²) in [7, 11) is 0. The largest absolute Gasteiger partial charge is 0.476 e. The number of benzene rings is 1. The van der Waals surface area contributed by atoms with Gasteiger partial charge in [-0.2, -0.15) is 0 Å². The van der Waals surface area contributed by atoms with E-state index >= 15 is 0 Å². The van der Waals surface area contributed by atoms with E-state index in [-0.39, 0.29) is 17.2 Å². The summed E-state index contributed by atoms with van der Waals surface area (Å²) < 4.78 is 13.7. The summed E-state index contributed by atoms with van der Waals surface area (Å²) in [5.41, 5.74) is 0.516. The second-order valence-corrected chi connectivity index (χ2v) is 3.66. The fourth-order valence-corrected chi connectivity index (χ4v) is 1.41. The smallest absolute Gasteiger partial charge is 0.356 e. The molecule has 0 unspecified atom stereocenters. The summed E-state index contributed by atoms with van der Waals surface area (Å²) in [5.74, 6) is -1.41. The number of carbonyl (C=O) groups is 1. The third-order valence-electron chi connectivity index (χ3n) is 2.31. The number of nitrogens with zero attached hydrogens (tertiary/aromatic N) is 2. The average Bonchev–Trinajstić information content (AvgIpc) is 2.35. The fraction of sp³-hybridized carbons (Fsp3) is 0.0833. The fourth-order valence-electron chi connectivity index (χ4n) is 1.41. The quantitative estimate of drug-likeness (QED) is 0.870. The number of nitrogens with one attached hydrogen (secondary N) is 1. The van der Waals surface area contributed by atoms with Crippen LogP contribution in [-0.4, -0.2) is 21.0 Å². The number of hydrogen-bond donors (Lipinski definition) is 2. The minimum Gasteiger partial charge on any atom is -0.476 e. The van der Waals surface area contributed by atoms with Crippen molar-refractivity contribution in [3.8, 4) is 0 Å². The molecule has 0 fully saturated rings. The Hall–Kier alpha value is -2.50. The number of aromatic carboxylic acids is 1. The van der Waals surface area contributed by atoms with Gasteiger partial charge in [0.1, 0.15) is 11.6 Å². The zero-order valence-corrected chi connectivity index (χ0v) is 9.51. The minimum atomic E-state index is -1.18. The molecule has 0 bridgehead atoms. The van der Waals surface area contributed by atoms with Crippen molar-refractivity contribution >= 4 is 17.5 Å². The second kappa shape index (κ2) is 4.79. The van der Waals surface area contributed by atoms with E-state index in [0.717, 1.165) is 6.20 Å². The zero-order valence-electron chi connectivity index (χ0n) is 9.51. The van der Waals surface area contributed by atoms with E-state index in [1.54, 1.807) is 19.1 Å². The highest BCUT2D eigenvalue weighted by Crippen LogP contribution is 2.20. The van der Waals surface area contributed by atoms with Crippen LogP contribution in [0.1, 0.15) is 16.1 Å². The Kier molecular flexibility index (Phi) is 3.18. The molecule has 92 valence electrons. The monoisotopic (exact) mass is 247 g/mol. The van der Waals surface area contributed by atoms with Crippen molar-refractivity contribution in [3.63, 3.8) is 0 Å². The molecule has 2 aromatic rings. The summed E-state index contributed by atoms with van der Waals surface area (Å²) in [6.07, 6.45) is 2.45. The number of aromatic nitrogens is 2. The van der Waals surface area contributed by atoms with Gasteiger partial charge in [-0.1, -0.05) is 12.1 Å². The molecule has 0 aliphatic heterocycles. The Morgan fingerprint density at radius 1 is 1.39 bits per heavy atom. The van der Waals surface area contributed by atoms with Crippen molar-refractivity contribution < 1.29 is 14.3 Å². The highest BCUT2D eigenvalue weighted by Gasteiger charge is 2.09. The molecule has 0 spiro atoms. The summed E-state index contributed by atoms with van der Waals surface area (Å²) in [4.78, 5) is 18.2. The molecule has 5 nitrogen and oxygen atoms in total. The molecule has 0 amide bonds. The number of hydrogen-bond acceptors (Lipinski definition) is 4. The van der Waals surface area contributed by atoms with Crippen LogP contribution in [0.25, 0.3) is 0 Å². The first-order chi connectivity index (χ1) is 8.58. The van der Waals surface area contributed by atoms with Crippen LogP contribution < -0.4 is 5.32 Å². The molecule has 18 heavy (non-hydrogen) atoms. The number of carboxylic acid groups (broad SMARTS) is 1. The van der Waals surface area contributed by atoms with Gasteiger partial charge in [0.25, 0.3) is 0 Å². The van der Waals surface area contributed by atoms with E-state index in [1.807, 2.05) is 0 Å². The van der Waals surface area contributed by atoms with Crippen molar-refractivity contribution in [3.05, 3.63) is 47.7 Å². The van der Waals surface area contributed by atoms with E-state index in [4.69, 9.17) is 5.11 Å². The van der Waals surface area contributed by atoms with Gasteiger partial charge in [-0.25, -0.2) is 14.2 Å². The van der Waals surface area contributed by atoms with E-state index in [0.29, 0.717) is 5.56 Å². The molecule has 1 heterocycles. The standard InChI is InChI=1S/C12H10FN3O2/c1-7-3-2-4-8(11(7)13)15-10-6-14-5-9(16-10)12(17)18/h2-6H,1H3,(H,15,16)(H,17,18). The summed E-state index contributed by atoms with van der Waals surface area (Å²) in [6.45, 7) is 1.64. The topological polar surface area (TPSA) is 75.1 Å². The predicted molar refractivity (Wildman–Crippen MR) is 63.4 cm³/mol. The summed E-state index contributed by atoms with van der Waals surface area (Å²) in [6, 6.07) is 4.87. The van der Waals surface area contributed by atoms with Gasteiger partial charge in [-0.3, -0.25) is 4.98 Å². The maximum Gasteiger partial charge on any atom is 0.356 e. The summed E-state index contributed by atoms with van der Waals surface area (Å²) in [5, 5.41) is 11.5. The number of rotatable bonds is 3. The van der Waals surface area contributed by atoms with Crippen LogP contribution in [0.15, 0.2) is 30.6 Å². The van der Waals surface area contributed by atoms with Gasteiger partial charge in [-0.15, -0.1) is 0 Å². The number of anilines is 2. The molecule has 2 N–H and O–H groups in total. The number of carboxylic acids is 1. The zero-order chi connectivity index (χ0) is 13.1. The Morgan fingerprint density at radius 2 is 2.17 bits per heavy atom. The van der Waals surface area contributed by atoms with Gasteiger partial charge < -0.3 is 10.4 Å². The van der Waals surface area contributed by atoms with Gasteiger partial charge in [0, 0.05) is 0 Å². The van der Waals surface area contributed by atoms with Crippen molar-refractivity contribution in [2.45, 2.75) is 6.92 Å². The molecule has 0 saturated carbocycles. The van der Waals surface area contributed by atoms with Gasteiger partial charge in [-0.05, 0) is 18.6 Å². The normalized spacial score (nSPS) is 10.1. The highest BCUT2D eigenvalue weighted by molar-refractivity contribution is 5.85. The predicted octanol–water partition coefficient (Wildman–Crippen LogP) is 2.37. The van der Waals surface area contributed by atoms with E-state index in [9.17, 15) is 9.18 Å². The second-order valence-electron chi connectivity index (χ2n) is 3.66. The molecule has 0 aliphatic carbocycles. The molecule has 6 heteroatoms. The molecular weight excluding hydrogens is 237 g/mol. The average molecular weight is 247 g/mol. The Balaban J connectivity index is 2.31. The molecule has 0 radical (unpaired) electrons.